The van der Waals surface area contributed by atoms with Gasteiger partial charge < -0.3 is 5.32 Å². The molecule has 1 aliphatic heterocycles. The van der Waals surface area contributed by atoms with Gasteiger partial charge in [-0.3, -0.25) is 10.2 Å². The quantitative estimate of drug-likeness (QED) is 0.787. The normalized spacial score (nSPS) is 17.6. The van der Waals surface area contributed by atoms with Crippen LogP contribution in [0.1, 0.15) is 0 Å². The average Bonchev–Trinajstić information content (AvgIpc) is 2.32. The van der Waals surface area contributed by atoms with Crippen LogP contribution in [0, 0.1) is 0 Å². The lowest BCUT2D eigenvalue weighted by Crippen LogP contribution is -2.45. The van der Waals surface area contributed by atoms with Crippen molar-refractivity contribution in [2.24, 2.45) is 0 Å². The Hall–Kier alpha value is -1.06. The molecule has 1 aromatic carbocycles. The smallest absolute Gasteiger partial charge is 0.0574 e. The minimum atomic E-state index is 0.907. The molecular formula is C12H18N3. The van der Waals surface area contributed by atoms with Crippen LogP contribution in [-0.2, 0) is 0 Å². The molecule has 2 rings (SSSR count). The molecule has 1 N–H and O–H groups in total. The molecular weight excluding hydrogens is 186 g/mol. The van der Waals surface area contributed by atoms with E-state index in [1.165, 1.54) is 0 Å². The fourth-order valence-electron chi connectivity index (χ4n) is 1.79. The number of piperazine rings is 1. The largest absolute Gasteiger partial charge is 0.314 e. The maximum absolute atomic E-state index is 4.54. The van der Waals surface area contributed by atoms with Gasteiger partial charge in [0.2, 0.25) is 0 Å². The summed E-state index contributed by atoms with van der Waals surface area (Å²) in [6.45, 7) is 6.53. The van der Waals surface area contributed by atoms with E-state index in [1.54, 1.807) is 0 Å². The summed E-state index contributed by atoms with van der Waals surface area (Å²) in [5.74, 6) is 0. The van der Waals surface area contributed by atoms with Crippen molar-refractivity contribution in [1.82, 2.24) is 15.5 Å². The predicted octanol–water partition coefficient (Wildman–Crippen LogP) is 0.828. The third kappa shape index (κ3) is 3.53. The van der Waals surface area contributed by atoms with Crippen molar-refractivity contribution in [3.8, 4) is 0 Å². The van der Waals surface area contributed by atoms with Crippen molar-refractivity contribution < 1.29 is 0 Å². The molecule has 3 heteroatoms. The zero-order chi connectivity index (χ0) is 10.3. The number of benzene rings is 1. The SMILES string of the molecule is c1ccc([N]CCN2CCNCC2)cc1. The lowest BCUT2D eigenvalue weighted by Gasteiger charge is -2.26. The number of para-hydroxylation sites is 1. The Labute approximate surface area is 91.5 Å². The molecule has 0 amide bonds. The van der Waals surface area contributed by atoms with Crippen LogP contribution >= 0.6 is 0 Å². The molecule has 81 valence electrons. The lowest BCUT2D eigenvalue weighted by molar-refractivity contribution is 0.243. The predicted molar refractivity (Wildman–Crippen MR) is 62.4 cm³/mol. The second-order valence-corrected chi connectivity index (χ2v) is 3.81. The highest BCUT2D eigenvalue weighted by Gasteiger charge is 2.08. The monoisotopic (exact) mass is 204 g/mol. The first-order valence-electron chi connectivity index (χ1n) is 5.61. The van der Waals surface area contributed by atoms with Gasteiger partial charge in [0.15, 0.2) is 0 Å². The first-order valence-corrected chi connectivity index (χ1v) is 5.61. The van der Waals surface area contributed by atoms with Crippen LogP contribution in [0.5, 0.6) is 0 Å². The van der Waals surface area contributed by atoms with Gasteiger partial charge >= 0.3 is 0 Å². The second-order valence-electron chi connectivity index (χ2n) is 3.81. The summed E-state index contributed by atoms with van der Waals surface area (Å²) in [5.41, 5.74) is 1.09. The van der Waals surface area contributed by atoms with E-state index in [1.807, 2.05) is 18.2 Å². The van der Waals surface area contributed by atoms with Crippen LogP contribution in [0.2, 0.25) is 0 Å². The van der Waals surface area contributed by atoms with Gasteiger partial charge in [-0.25, -0.2) is 0 Å². The van der Waals surface area contributed by atoms with E-state index in [9.17, 15) is 0 Å². The van der Waals surface area contributed by atoms with Crippen LogP contribution < -0.4 is 10.6 Å². The Morgan fingerprint density at radius 2 is 1.87 bits per heavy atom. The average molecular weight is 204 g/mol. The highest BCUT2D eigenvalue weighted by molar-refractivity contribution is 5.34. The van der Waals surface area contributed by atoms with E-state index in [0.29, 0.717) is 0 Å². The van der Waals surface area contributed by atoms with Gasteiger partial charge in [0.25, 0.3) is 0 Å². The minimum absolute atomic E-state index is 0.907. The molecule has 1 aromatic rings. The summed E-state index contributed by atoms with van der Waals surface area (Å²) in [6.07, 6.45) is 0. The topological polar surface area (TPSA) is 29.4 Å². The van der Waals surface area contributed by atoms with Crippen molar-refractivity contribution in [2.75, 3.05) is 39.3 Å². The third-order valence-corrected chi connectivity index (χ3v) is 2.68. The van der Waals surface area contributed by atoms with Gasteiger partial charge in [-0.05, 0) is 12.1 Å². The molecule has 1 radical (unpaired) electrons. The zero-order valence-corrected chi connectivity index (χ0v) is 9.02. The Bertz CT molecular complexity index is 267. The minimum Gasteiger partial charge on any atom is -0.314 e. The van der Waals surface area contributed by atoms with Crippen LogP contribution in [-0.4, -0.2) is 44.2 Å². The Morgan fingerprint density at radius 1 is 1.13 bits per heavy atom. The van der Waals surface area contributed by atoms with E-state index in [4.69, 9.17) is 0 Å². The molecule has 1 fully saturated rings. The van der Waals surface area contributed by atoms with Crippen molar-refractivity contribution in [3.05, 3.63) is 30.3 Å². The van der Waals surface area contributed by atoms with E-state index in [-0.39, 0.29) is 0 Å². The molecule has 15 heavy (non-hydrogen) atoms. The summed E-state index contributed by atoms with van der Waals surface area (Å²) in [7, 11) is 0. The number of rotatable bonds is 4. The summed E-state index contributed by atoms with van der Waals surface area (Å²) in [4.78, 5) is 2.46. The highest BCUT2D eigenvalue weighted by Crippen LogP contribution is 2.04. The zero-order valence-electron chi connectivity index (χ0n) is 9.02. The van der Waals surface area contributed by atoms with E-state index >= 15 is 0 Å². The van der Waals surface area contributed by atoms with Crippen molar-refractivity contribution in [3.63, 3.8) is 0 Å². The van der Waals surface area contributed by atoms with Crippen LogP contribution in [0.4, 0.5) is 5.69 Å². The number of nitrogens with zero attached hydrogens (tertiary/aromatic N) is 2. The number of hydrogen-bond acceptors (Lipinski definition) is 2. The lowest BCUT2D eigenvalue weighted by atomic mass is 10.3. The standard InChI is InChI=1S/C12H18N3/c1-2-4-12(5-3-1)14-8-11-15-9-6-13-7-10-15/h1-5,13H,6-11H2. The molecule has 0 spiro atoms. The molecule has 0 saturated carbocycles. The molecule has 3 nitrogen and oxygen atoms in total. The first kappa shape index (κ1) is 10.5. The summed E-state index contributed by atoms with van der Waals surface area (Å²) >= 11 is 0. The maximum atomic E-state index is 4.54. The first-order chi connectivity index (χ1) is 7.45. The van der Waals surface area contributed by atoms with Crippen molar-refractivity contribution in [1.29, 1.82) is 0 Å². The molecule has 1 heterocycles. The van der Waals surface area contributed by atoms with Crippen LogP contribution in [0.15, 0.2) is 30.3 Å². The molecule has 0 atom stereocenters. The van der Waals surface area contributed by atoms with E-state index in [2.05, 4.69) is 27.7 Å². The van der Waals surface area contributed by atoms with Gasteiger partial charge in [0.05, 0.1) is 12.2 Å². The Kier molecular flexibility index (Phi) is 4.00. The van der Waals surface area contributed by atoms with Crippen molar-refractivity contribution >= 4 is 5.69 Å². The summed E-state index contributed by atoms with van der Waals surface area (Å²) < 4.78 is 0. The molecule has 0 bridgehead atoms. The molecule has 1 saturated heterocycles. The van der Waals surface area contributed by atoms with Gasteiger partial charge in [0.1, 0.15) is 0 Å². The van der Waals surface area contributed by atoms with Gasteiger partial charge in [-0.15, -0.1) is 0 Å². The Balaban J connectivity index is 1.66. The van der Waals surface area contributed by atoms with Crippen molar-refractivity contribution in [2.45, 2.75) is 0 Å². The van der Waals surface area contributed by atoms with E-state index in [0.717, 1.165) is 45.0 Å². The molecule has 0 unspecified atom stereocenters. The fraction of sp³-hybridized carbons (Fsp3) is 0.500. The van der Waals surface area contributed by atoms with Gasteiger partial charge in [-0.2, -0.15) is 0 Å². The fourth-order valence-corrected chi connectivity index (χ4v) is 1.79. The Morgan fingerprint density at radius 3 is 2.60 bits per heavy atom. The second kappa shape index (κ2) is 5.73. The summed E-state index contributed by atoms with van der Waals surface area (Å²) in [6, 6.07) is 10.2. The number of hydrogen-bond donors (Lipinski definition) is 1. The molecule has 0 aromatic heterocycles. The molecule has 1 aliphatic rings. The van der Waals surface area contributed by atoms with Crippen LogP contribution in [0.25, 0.3) is 0 Å². The summed E-state index contributed by atoms with van der Waals surface area (Å²) in [5, 5.41) is 7.89. The van der Waals surface area contributed by atoms with Gasteiger partial charge in [0, 0.05) is 32.7 Å². The highest BCUT2D eigenvalue weighted by atomic mass is 15.2. The van der Waals surface area contributed by atoms with E-state index < -0.39 is 0 Å². The maximum Gasteiger partial charge on any atom is 0.0574 e. The van der Waals surface area contributed by atoms with Crippen LogP contribution in [0.3, 0.4) is 0 Å². The molecule has 0 aliphatic carbocycles. The third-order valence-electron chi connectivity index (χ3n) is 2.68. The van der Waals surface area contributed by atoms with Gasteiger partial charge in [-0.1, -0.05) is 18.2 Å². The number of nitrogens with one attached hydrogen (secondary N) is 1.